The third-order valence-electron chi connectivity index (χ3n) is 3.30. The third-order valence-corrected chi connectivity index (χ3v) is 3.30. The van der Waals surface area contributed by atoms with Gasteiger partial charge in [-0.1, -0.05) is 44.2 Å². The van der Waals surface area contributed by atoms with Crippen molar-refractivity contribution < 1.29 is 22.2 Å². The van der Waals surface area contributed by atoms with Gasteiger partial charge in [-0.05, 0) is 17.9 Å². The predicted octanol–water partition coefficient (Wildman–Crippen LogP) is 4.57. The summed E-state index contributed by atoms with van der Waals surface area (Å²) in [5.41, 5.74) is 2.79. The fourth-order valence-corrected chi connectivity index (χ4v) is 1.94. The largest absolute Gasteiger partial charge is 0.762 e. The first kappa shape index (κ1) is 20.2. The van der Waals surface area contributed by atoms with Crippen molar-refractivity contribution in [2.24, 2.45) is 0 Å². The maximum absolute atomic E-state index is 9.67. The molecule has 1 heterocycles. The maximum Gasteiger partial charge on any atom is 0.762 e. The fourth-order valence-electron chi connectivity index (χ4n) is 1.94. The van der Waals surface area contributed by atoms with Crippen LogP contribution in [0.2, 0.25) is 0 Å². The lowest BCUT2D eigenvalue weighted by atomic mass is 9.98. The summed E-state index contributed by atoms with van der Waals surface area (Å²) >= 11 is 0. The Labute approximate surface area is 129 Å². The van der Waals surface area contributed by atoms with Gasteiger partial charge in [-0.3, -0.25) is 17.7 Å². The van der Waals surface area contributed by atoms with E-state index >= 15 is 0 Å². The van der Waals surface area contributed by atoms with E-state index in [0.29, 0.717) is 5.92 Å². The lowest BCUT2D eigenvalue weighted by Gasteiger charge is -2.08. The second kappa shape index (κ2) is 10.8. The number of aromatic nitrogens is 1. The van der Waals surface area contributed by atoms with Gasteiger partial charge in [0.1, 0.15) is 0 Å². The van der Waals surface area contributed by atoms with Crippen LogP contribution in [0.25, 0.3) is 0 Å². The molecule has 0 fully saturated rings. The van der Waals surface area contributed by atoms with Crippen molar-refractivity contribution >= 4 is 7.54 Å². The smallest absolute Gasteiger partial charge is 0.269 e. The molecule has 2 rings (SSSR count). The van der Waals surface area contributed by atoms with E-state index < -0.39 is 7.54 Å². The summed E-state index contributed by atoms with van der Waals surface area (Å²) in [6.07, 6.45) is 5.40. The lowest BCUT2D eigenvalue weighted by Crippen LogP contribution is -2.32. The summed E-state index contributed by atoms with van der Waals surface area (Å²) < 4.78 is 31.2. The SMILES string of the molecule is CCC(C)c1ccc(C[n+]2ccccc2)cc1.F.FB(F)F. The molecule has 0 N–H and O–H groups in total. The fraction of sp³-hybridized carbons (Fsp3) is 0.312. The maximum atomic E-state index is 9.67. The molecule has 0 aliphatic rings. The molecule has 1 nitrogen and oxygen atoms in total. The van der Waals surface area contributed by atoms with Gasteiger partial charge < -0.3 is 0 Å². The number of nitrogens with zero attached hydrogens (tertiary/aromatic N) is 1. The van der Waals surface area contributed by atoms with E-state index in [9.17, 15) is 12.9 Å². The Kier molecular flexibility index (Phi) is 9.91. The van der Waals surface area contributed by atoms with Crippen LogP contribution in [0.3, 0.4) is 0 Å². The molecule has 1 aromatic heterocycles. The first-order chi connectivity index (χ1) is 10.0. The van der Waals surface area contributed by atoms with Crippen LogP contribution in [0.1, 0.15) is 37.3 Å². The van der Waals surface area contributed by atoms with Crippen LogP contribution in [-0.2, 0) is 6.54 Å². The number of pyridine rings is 1. The average molecular weight is 314 g/mol. The second-order valence-corrected chi connectivity index (χ2v) is 4.85. The Bertz CT molecular complexity index is 503. The van der Waals surface area contributed by atoms with E-state index in [1.54, 1.807) is 0 Å². The monoisotopic (exact) mass is 314 g/mol. The molecule has 0 saturated carbocycles. The predicted molar refractivity (Wildman–Crippen MR) is 82.5 cm³/mol. The summed E-state index contributed by atoms with van der Waals surface area (Å²) in [6.45, 7) is 5.46. The summed E-state index contributed by atoms with van der Waals surface area (Å²) in [7, 11) is -3.67. The minimum absolute atomic E-state index is 0. The van der Waals surface area contributed by atoms with Gasteiger partial charge in [-0.15, -0.1) is 0 Å². The Morgan fingerprint density at radius 2 is 1.50 bits per heavy atom. The van der Waals surface area contributed by atoms with Gasteiger partial charge in [0, 0.05) is 17.7 Å². The Morgan fingerprint density at radius 3 is 1.95 bits per heavy atom. The molecule has 0 amide bonds. The molecule has 1 unspecified atom stereocenters. The van der Waals surface area contributed by atoms with Gasteiger partial charge in [0.25, 0.3) is 0 Å². The minimum Gasteiger partial charge on any atom is -0.269 e. The van der Waals surface area contributed by atoms with E-state index in [2.05, 4.69) is 67.2 Å². The molecule has 0 radical (unpaired) electrons. The van der Waals surface area contributed by atoms with Gasteiger partial charge in [0.2, 0.25) is 0 Å². The van der Waals surface area contributed by atoms with E-state index in [0.717, 1.165) is 6.54 Å². The van der Waals surface area contributed by atoms with Crippen LogP contribution in [0.4, 0.5) is 17.7 Å². The lowest BCUT2D eigenvalue weighted by molar-refractivity contribution is -0.688. The van der Waals surface area contributed by atoms with Crippen molar-refractivity contribution in [3.05, 3.63) is 66.0 Å². The Morgan fingerprint density at radius 1 is 1.00 bits per heavy atom. The van der Waals surface area contributed by atoms with Crippen LogP contribution in [0, 0.1) is 0 Å². The van der Waals surface area contributed by atoms with Crippen molar-refractivity contribution in [3.8, 4) is 0 Å². The number of halogens is 4. The second-order valence-electron chi connectivity index (χ2n) is 4.85. The number of hydrogen-bond donors (Lipinski definition) is 0. The van der Waals surface area contributed by atoms with E-state index in [1.807, 2.05) is 6.07 Å². The molecular formula is C16H21BF4N+. The standard InChI is InChI=1S/C16H20N.BF3.FH/c1-3-14(2)16-9-7-15(8-10-16)13-17-11-5-4-6-12-17;2-1(3)4;/h4-12,14H,3,13H2,1-2H3;;1H/q+1;;. The first-order valence-corrected chi connectivity index (χ1v) is 6.98. The molecule has 2 aromatic rings. The van der Waals surface area contributed by atoms with Crippen LogP contribution in [0.5, 0.6) is 0 Å². The molecule has 6 heteroatoms. The van der Waals surface area contributed by atoms with Crippen molar-refractivity contribution in [3.63, 3.8) is 0 Å². The zero-order valence-electron chi connectivity index (χ0n) is 12.8. The Balaban J connectivity index is 0.000000791. The zero-order valence-corrected chi connectivity index (χ0v) is 12.8. The molecule has 0 aliphatic carbocycles. The minimum atomic E-state index is -3.67. The average Bonchev–Trinajstić information content (AvgIpc) is 2.48. The summed E-state index contributed by atoms with van der Waals surface area (Å²) in [6, 6.07) is 15.2. The number of rotatable bonds is 4. The molecule has 120 valence electrons. The molecule has 1 aromatic carbocycles. The van der Waals surface area contributed by atoms with Crippen LogP contribution >= 0.6 is 0 Å². The Hall–Kier alpha value is -1.85. The van der Waals surface area contributed by atoms with Gasteiger partial charge in [-0.25, -0.2) is 4.57 Å². The molecular weight excluding hydrogens is 293 g/mol. The van der Waals surface area contributed by atoms with Crippen molar-refractivity contribution in [2.75, 3.05) is 0 Å². The van der Waals surface area contributed by atoms with Gasteiger partial charge >= 0.3 is 7.54 Å². The van der Waals surface area contributed by atoms with Crippen molar-refractivity contribution in [1.29, 1.82) is 0 Å². The highest BCUT2D eigenvalue weighted by atomic mass is 19.4. The molecule has 0 bridgehead atoms. The summed E-state index contributed by atoms with van der Waals surface area (Å²) in [5, 5.41) is 0. The quantitative estimate of drug-likeness (QED) is 0.442. The highest BCUT2D eigenvalue weighted by Crippen LogP contribution is 2.18. The summed E-state index contributed by atoms with van der Waals surface area (Å²) in [5.74, 6) is 0.661. The first-order valence-electron chi connectivity index (χ1n) is 6.98. The van der Waals surface area contributed by atoms with Crippen molar-refractivity contribution in [1.82, 2.24) is 0 Å². The number of hydrogen-bond acceptors (Lipinski definition) is 0. The van der Waals surface area contributed by atoms with Crippen LogP contribution in [0.15, 0.2) is 54.9 Å². The molecule has 22 heavy (non-hydrogen) atoms. The van der Waals surface area contributed by atoms with E-state index in [4.69, 9.17) is 0 Å². The molecule has 0 spiro atoms. The van der Waals surface area contributed by atoms with Gasteiger partial charge in [0.05, 0.1) is 0 Å². The molecule has 1 atom stereocenters. The summed E-state index contributed by atoms with van der Waals surface area (Å²) in [4.78, 5) is 0. The van der Waals surface area contributed by atoms with E-state index in [-0.39, 0.29) is 4.70 Å². The topological polar surface area (TPSA) is 3.88 Å². The third kappa shape index (κ3) is 7.81. The molecule has 0 saturated heterocycles. The number of benzene rings is 1. The van der Waals surface area contributed by atoms with Crippen LogP contribution < -0.4 is 4.57 Å². The van der Waals surface area contributed by atoms with Crippen LogP contribution in [-0.4, -0.2) is 7.54 Å². The van der Waals surface area contributed by atoms with Gasteiger partial charge in [-0.2, -0.15) is 0 Å². The molecule has 0 aliphatic heterocycles. The van der Waals surface area contributed by atoms with E-state index in [1.165, 1.54) is 17.5 Å². The normalized spacial score (nSPS) is 10.8. The van der Waals surface area contributed by atoms with Crippen molar-refractivity contribution in [2.45, 2.75) is 32.7 Å². The highest BCUT2D eigenvalue weighted by Gasteiger charge is 2.06. The zero-order chi connectivity index (χ0) is 15.7. The van der Waals surface area contributed by atoms with Gasteiger partial charge in [0.15, 0.2) is 18.9 Å². The highest BCUT2D eigenvalue weighted by molar-refractivity contribution is 6.33.